The largest absolute Gasteiger partial charge is 0.533 e. The molecule has 0 fully saturated rings. The van der Waals surface area contributed by atoms with Gasteiger partial charge in [-0.2, -0.15) is 0 Å². The zero-order valence-electron chi connectivity index (χ0n) is 16.6. The van der Waals surface area contributed by atoms with Crippen LogP contribution in [0.15, 0.2) is 30.3 Å². The standard InChI is InChI=1S/C22H39BrOSi/c1-3-5-7-9-11-16-20-25(23,21-17-12-10-8-6-4-2)24-22-18-14-13-15-19-22/h13-15,18-19H,3-12,16-17,20-21H2,1-2H3. The first kappa shape index (κ1) is 22.8. The van der Waals surface area contributed by atoms with Gasteiger partial charge in [0.25, 0.3) is 0 Å². The van der Waals surface area contributed by atoms with Gasteiger partial charge in [0.05, 0.1) is 0 Å². The van der Waals surface area contributed by atoms with E-state index in [0.29, 0.717) is 0 Å². The summed E-state index contributed by atoms with van der Waals surface area (Å²) in [7, 11) is 0. The molecule has 25 heavy (non-hydrogen) atoms. The molecule has 0 saturated heterocycles. The van der Waals surface area contributed by atoms with Gasteiger partial charge >= 0.3 is 6.94 Å². The number of benzene rings is 1. The van der Waals surface area contributed by atoms with Crippen LogP contribution < -0.4 is 4.43 Å². The number of rotatable bonds is 16. The van der Waals surface area contributed by atoms with E-state index in [4.69, 9.17) is 4.43 Å². The highest BCUT2D eigenvalue weighted by molar-refractivity contribution is 9.25. The molecule has 0 amide bonds. The Hall–Kier alpha value is -0.283. The van der Waals surface area contributed by atoms with Crippen LogP contribution in [0.4, 0.5) is 0 Å². The molecule has 0 aliphatic rings. The minimum Gasteiger partial charge on any atom is -0.533 e. The lowest BCUT2D eigenvalue weighted by molar-refractivity contribution is 0.534. The third-order valence-electron chi connectivity index (χ3n) is 4.85. The lowest BCUT2D eigenvalue weighted by Crippen LogP contribution is -2.34. The van der Waals surface area contributed by atoms with E-state index in [9.17, 15) is 0 Å². The van der Waals surface area contributed by atoms with Gasteiger partial charge in [-0.25, -0.2) is 0 Å². The van der Waals surface area contributed by atoms with Crippen LogP contribution in [-0.2, 0) is 0 Å². The molecule has 1 nitrogen and oxygen atoms in total. The van der Waals surface area contributed by atoms with E-state index in [-0.39, 0.29) is 0 Å². The second-order valence-electron chi connectivity index (χ2n) is 7.33. The number of unbranched alkanes of at least 4 members (excludes halogenated alkanes) is 10. The smallest absolute Gasteiger partial charge is 0.321 e. The molecule has 1 rings (SSSR count). The Bertz CT molecular complexity index is 394. The van der Waals surface area contributed by atoms with Crippen LogP contribution >= 0.6 is 15.3 Å². The molecule has 0 atom stereocenters. The molecule has 1 aromatic carbocycles. The molecule has 0 aromatic heterocycles. The summed E-state index contributed by atoms with van der Waals surface area (Å²) in [6.07, 6.45) is 16.3. The van der Waals surface area contributed by atoms with Crippen LogP contribution in [0.1, 0.15) is 90.9 Å². The molecule has 3 heteroatoms. The lowest BCUT2D eigenvalue weighted by atomic mass is 10.1. The Morgan fingerprint density at radius 2 is 1.12 bits per heavy atom. The van der Waals surface area contributed by atoms with E-state index in [2.05, 4.69) is 59.5 Å². The molecule has 1 aromatic rings. The Morgan fingerprint density at radius 3 is 1.60 bits per heavy atom. The van der Waals surface area contributed by atoms with E-state index < -0.39 is 6.94 Å². The maximum Gasteiger partial charge on any atom is 0.321 e. The van der Waals surface area contributed by atoms with Gasteiger partial charge in [-0.15, -0.1) is 0 Å². The van der Waals surface area contributed by atoms with Gasteiger partial charge in [-0.05, 0) is 24.2 Å². The van der Waals surface area contributed by atoms with Gasteiger partial charge in [0.1, 0.15) is 5.75 Å². The monoisotopic (exact) mass is 426 g/mol. The Balaban J connectivity index is 2.39. The highest BCUT2D eigenvalue weighted by Crippen LogP contribution is 2.32. The average Bonchev–Trinajstić information content (AvgIpc) is 2.62. The summed E-state index contributed by atoms with van der Waals surface area (Å²) in [4.78, 5) is 0. The Kier molecular flexibility index (Phi) is 13.5. The summed E-state index contributed by atoms with van der Waals surface area (Å²) in [6, 6.07) is 12.9. The van der Waals surface area contributed by atoms with Crippen LogP contribution in [0.3, 0.4) is 0 Å². The van der Waals surface area contributed by atoms with Crippen molar-refractivity contribution in [2.75, 3.05) is 0 Å². The third kappa shape index (κ3) is 11.9. The number of para-hydroxylation sites is 1. The fourth-order valence-electron chi connectivity index (χ4n) is 3.27. The van der Waals surface area contributed by atoms with Gasteiger partial charge in [0, 0.05) is 0 Å². The quantitative estimate of drug-likeness (QED) is 0.146. The van der Waals surface area contributed by atoms with Crippen molar-refractivity contribution in [1.29, 1.82) is 0 Å². The fourth-order valence-corrected chi connectivity index (χ4v) is 8.08. The summed E-state index contributed by atoms with van der Waals surface area (Å²) in [5, 5.41) is 0. The summed E-state index contributed by atoms with van der Waals surface area (Å²) in [6.45, 7) is 2.75. The molecule has 0 bridgehead atoms. The van der Waals surface area contributed by atoms with Crippen molar-refractivity contribution in [1.82, 2.24) is 0 Å². The van der Waals surface area contributed by atoms with Gasteiger partial charge in [-0.1, -0.05) is 124 Å². The van der Waals surface area contributed by atoms with E-state index in [1.165, 1.54) is 89.1 Å². The SMILES string of the molecule is CCCCCCCC[Si](Br)(CCCCCCCC)Oc1ccccc1. The summed E-state index contributed by atoms with van der Waals surface area (Å²) in [5.74, 6) is 1.04. The van der Waals surface area contributed by atoms with E-state index >= 15 is 0 Å². The number of halogens is 1. The van der Waals surface area contributed by atoms with Crippen molar-refractivity contribution in [3.8, 4) is 5.75 Å². The second kappa shape index (κ2) is 14.8. The van der Waals surface area contributed by atoms with Crippen molar-refractivity contribution < 1.29 is 4.43 Å². The molecule has 0 radical (unpaired) electrons. The molecular weight excluding hydrogens is 388 g/mol. The first-order valence-electron chi connectivity index (χ1n) is 10.6. The molecule has 0 heterocycles. The maximum absolute atomic E-state index is 6.51. The number of hydrogen-bond donors (Lipinski definition) is 0. The summed E-state index contributed by atoms with van der Waals surface area (Å²) < 4.78 is 6.51. The molecule has 0 N–H and O–H groups in total. The van der Waals surface area contributed by atoms with Crippen molar-refractivity contribution in [2.24, 2.45) is 0 Å². The molecule has 0 saturated carbocycles. The average molecular weight is 428 g/mol. The topological polar surface area (TPSA) is 9.23 Å². The second-order valence-corrected chi connectivity index (χ2v) is 14.6. The van der Waals surface area contributed by atoms with Crippen LogP contribution in [0.5, 0.6) is 5.75 Å². The fraction of sp³-hybridized carbons (Fsp3) is 0.727. The van der Waals surface area contributed by atoms with Gasteiger partial charge in [0.2, 0.25) is 0 Å². The predicted molar refractivity (Wildman–Crippen MR) is 118 cm³/mol. The first-order chi connectivity index (χ1) is 12.2. The van der Waals surface area contributed by atoms with E-state index in [0.717, 1.165) is 5.75 Å². The predicted octanol–water partition coefficient (Wildman–Crippen LogP) is 8.62. The van der Waals surface area contributed by atoms with Gasteiger partial charge < -0.3 is 4.43 Å². The van der Waals surface area contributed by atoms with Crippen molar-refractivity contribution in [2.45, 2.75) is 103 Å². The molecule has 0 aliphatic heterocycles. The zero-order chi connectivity index (χ0) is 18.2. The van der Waals surface area contributed by atoms with Crippen LogP contribution in [0.25, 0.3) is 0 Å². The van der Waals surface area contributed by atoms with E-state index in [1.54, 1.807) is 0 Å². The highest BCUT2D eigenvalue weighted by Gasteiger charge is 2.32. The molecule has 0 aliphatic carbocycles. The summed E-state index contributed by atoms with van der Waals surface area (Å²) in [5.41, 5.74) is 0. The van der Waals surface area contributed by atoms with Gasteiger partial charge in [0.15, 0.2) is 0 Å². The first-order valence-corrected chi connectivity index (χ1v) is 15.2. The molecular formula is C22H39BrOSi. The molecule has 0 unspecified atom stereocenters. The van der Waals surface area contributed by atoms with Crippen LogP contribution in [0, 0.1) is 0 Å². The zero-order valence-corrected chi connectivity index (χ0v) is 19.2. The number of hydrogen-bond acceptors (Lipinski definition) is 1. The van der Waals surface area contributed by atoms with Crippen molar-refractivity contribution >= 4 is 22.2 Å². The normalized spacial score (nSPS) is 11.6. The van der Waals surface area contributed by atoms with Gasteiger partial charge in [-0.3, -0.25) is 0 Å². The van der Waals surface area contributed by atoms with Crippen LogP contribution in [0.2, 0.25) is 12.1 Å². The maximum atomic E-state index is 6.51. The minimum atomic E-state index is -1.81. The van der Waals surface area contributed by atoms with Crippen LogP contribution in [-0.4, -0.2) is 6.94 Å². The third-order valence-corrected chi connectivity index (χ3v) is 10.5. The lowest BCUT2D eigenvalue weighted by Gasteiger charge is -2.26. The van der Waals surface area contributed by atoms with Crippen molar-refractivity contribution in [3.05, 3.63) is 30.3 Å². The molecule has 144 valence electrons. The highest BCUT2D eigenvalue weighted by atomic mass is 79.9. The molecule has 0 spiro atoms. The van der Waals surface area contributed by atoms with E-state index in [1.807, 2.05) is 0 Å². The Morgan fingerprint density at radius 1 is 0.680 bits per heavy atom. The minimum absolute atomic E-state index is 1.04. The summed E-state index contributed by atoms with van der Waals surface area (Å²) >= 11 is 4.10. The Labute approximate surface area is 165 Å². The van der Waals surface area contributed by atoms with Crippen molar-refractivity contribution in [3.63, 3.8) is 0 Å².